The largest absolute Gasteiger partial charge is 0.394 e. The Kier molecular flexibility index (Phi) is 11.2. The van der Waals surface area contributed by atoms with E-state index in [1.807, 2.05) is 18.7 Å². The van der Waals surface area contributed by atoms with Crippen molar-refractivity contribution in [1.29, 1.82) is 0 Å². The molecule has 6 nitrogen and oxygen atoms in total. The van der Waals surface area contributed by atoms with Gasteiger partial charge in [-0.1, -0.05) is 26.2 Å². The minimum atomic E-state index is -1.56. The van der Waals surface area contributed by atoms with Gasteiger partial charge in [-0.2, -0.15) is 0 Å². The standard InChI is InChI=1S/C15H33NO5/c1-4-5-6-7-8-16(11(2)3)9-12(18)14(20)15(21)13(19)10-17/h11-15,17-21H,4-10H2,1-3H3/t12-,13+,14+,15+/m0/s1. The van der Waals surface area contributed by atoms with Crippen molar-refractivity contribution in [3.05, 3.63) is 0 Å². The van der Waals surface area contributed by atoms with Crippen molar-refractivity contribution in [2.45, 2.75) is 76.9 Å². The Morgan fingerprint density at radius 3 is 1.90 bits per heavy atom. The molecule has 0 bridgehead atoms. The maximum Gasteiger partial charge on any atom is 0.111 e. The summed E-state index contributed by atoms with van der Waals surface area (Å²) in [7, 11) is 0. The molecule has 0 unspecified atom stereocenters. The second-order valence-corrected chi connectivity index (χ2v) is 5.95. The molecule has 0 fully saturated rings. The van der Waals surface area contributed by atoms with Crippen molar-refractivity contribution in [1.82, 2.24) is 4.90 Å². The Morgan fingerprint density at radius 2 is 1.43 bits per heavy atom. The summed E-state index contributed by atoms with van der Waals surface area (Å²) in [5, 5.41) is 47.5. The van der Waals surface area contributed by atoms with Gasteiger partial charge in [-0.3, -0.25) is 4.90 Å². The van der Waals surface area contributed by atoms with Crippen LogP contribution in [0.1, 0.15) is 46.5 Å². The average Bonchev–Trinajstić information content (AvgIpc) is 2.47. The van der Waals surface area contributed by atoms with Crippen LogP contribution in [-0.2, 0) is 0 Å². The predicted molar refractivity (Wildman–Crippen MR) is 82.0 cm³/mol. The van der Waals surface area contributed by atoms with Crippen LogP contribution >= 0.6 is 0 Å². The first-order valence-corrected chi connectivity index (χ1v) is 7.92. The van der Waals surface area contributed by atoms with Crippen LogP contribution in [0, 0.1) is 0 Å². The second-order valence-electron chi connectivity index (χ2n) is 5.95. The summed E-state index contributed by atoms with van der Waals surface area (Å²) in [6.45, 7) is 6.56. The minimum Gasteiger partial charge on any atom is -0.394 e. The number of aliphatic hydroxyl groups is 5. The highest BCUT2D eigenvalue weighted by molar-refractivity contribution is 4.83. The molecule has 0 aliphatic carbocycles. The van der Waals surface area contributed by atoms with Crippen molar-refractivity contribution < 1.29 is 25.5 Å². The van der Waals surface area contributed by atoms with Crippen LogP contribution in [0.3, 0.4) is 0 Å². The van der Waals surface area contributed by atoms with E-state index in [4.69, 9.17) is 5.11 Å². The smallest absolute Gasteiger partial charge is 0.111 e. The van der Waals surface area contributed by atoms with Crippen LogP contribution in [-0.4, -0.2) is 80.6 Å². The van der Waals surface area contributed by atoms with Crippen LogP contribution < -0.4 is 0 Å². The van der Waals surface area contributed by atoms with Gasteiger partial charge in [0.25, 0.3) is 0 Å². The molecule has 0 spiro atoms. The highest BCUT2D eigenvalue weighted by Gasteiger charge is 2.31. The molecule has 0 saturated carbocycles. The molecule has 0 radical (unpaired) electrons. The van der Waals surface area contributed by atoms with Crippen molar-refractivity contribution in [3.8, 4) is 0 Å². The van der Waals surface area contributed by atoms with Gasteiger partial charge in [0, 0.05) is 12.6 Å². The molecule has 6 heteroatoms. The van der Waals surface area contributed by atoms with E-state index in [1.54, 1.807) is 0 Å². The van der Waals surface area contributed by atoms with E-state index >= 15 is 0 Å². The van der Waals surface area contributed by atoms with E-state index in [9.17, 15) is 20.4 Å². The number of rotatable bonds is 12. The Bertz CT molecular complexity index is 252. The molecule has 0 aromatic carbocycles. The fraction of sp³-hybridized carbons (Fsp3) is 1.00. The molecule has 0 aliphatic heterocycles. The van der Waals surface area contributed by atoms with Crippen LogP contribution in [0.15, 0.2) is 0 Å². The van der Waals surface area contributed by atoms with Crippen LogP contribution in [0.5, 0.6) is 0 Å². The Balaban J connectivity index is 4.35. The summed E-state index contributed by atoms with van der Waals surface area (Å²) in [4.78, 5) is 2.04. The zero-order valence-corrected chi connectivity index (χ0v) is 13.5. The lowest BCUT2D eigenvalue weighted by atomic mass is 10.0. The van der Waals surface area contributed by atoms with Crippen LogP contribution in [0.4, 0.5) is 0 Å². The first kappa shape index (κ1) is 20.8. The fourth-order valence-corrected chi connectivity index (χ4v) is 2.21. The topological polar surface area (TPSA) is 104 Å². The number of unbranched alkanes of at least 4 members (excludes halogenated alkanes) is 3. The molecule has 21 heavy (non-hydrogen) atoms. The molecule has 0 aromatic rings. The van der Waals surface area contributed by atoms with Crippen molar-refractivity contribution in [2.75, 3.05) is 19.7 Å². The van der Waals surface area contributed by atoms with Crippen molar-refractivity contribution in [3.63, 3.8) is 0 Å². The third-order valence-corrected chi connectivity index (χ3v) is 3.78. The molecular weight excluding hydrogens is 274 g/mol. The van der Waals surface area contributed by atoms with Gasteiger partial charge in [-0.05, 0) is 26.8 Å². The summed E-state index contributed by atoms with van der Waals surface area (Å²) in [5.41, 5.74) is 0. The molecule has 128 valence electrons. The van der Waals surface area contributed by atoms with E-state index in [2.05, 4.69) is 6.92 Å². The average molecular weight is 307 g/mol. The second kappa shape index (κ2) is 11.3. The lowest BCUT2D eigenvalue weighted by Gasteiger charge is -2.32. The normalized spacial score (nSPS) is 18.0. The molecule has 0 aliphatic rings. The van der Waals surface area contributed by atoms with Gasteiger partial charge in [0.05, 0.1) is 12.7 Å². The Morgan fingerprint density at radius 1 is 0.857 bits per heavy atom. The van der Waals surface area contributed by atoms with Gasteiger partial charge in [0.1, 0.15) is 18.3 Å². The van der Waals surface area contributed by atoms with E-state index in [0.29, 0.717) is 0 Å². The third-order valence-electron chi connectivity index (χ3n) is 3.78. The van der Waals surface area contributed by atoms with E-state index in [-0.39, 0.29) is 12.6 Å². The van der Waals surface area contributed by atoms with E-state index < -0.39 is 31.0 Å². The van der Waals surface area contributed by atoms with E-state index in [0.717, 1.165) is 25.8 Å². The zero-order valence-electron chi connectivity index (χ0n) is 13.5. The van der Waals surface area contributed by atoms with Crippen molar-refractivity contribution >= 4 is 0 Å². The van der Waals surface area contributed by atoms with Gasteiger partial charge in [-0.15, -0.1) is 0 Å². The molecule has 0 aromatic heterocycles. The number of hydrogen-bond donors (Lipinski definition) is 5. The van der Waals surface area contributed by atoms with Gasteiger partial charge < -0.3 is 25.5 Å². The zero-order chi connectivity index (χ0) is 16.4. The third kappa shape index (κ3) is 8.09. The summed E-state index contributed by atoms with van der Waals surface area (Å²) in [5.74, 6) is 0. The van der Waals surface area contributed by atoms with Crippen molar-refractivity contribution in [2.24, 2.45) is 0 Å². The molecule has 0 rings (SSSR count). The fourth-order valence-electron chi connectivity index (χ4n) is 2.21. The van der Waals surface area contributed by atoms with Gasteiger partial charge in [0.15, 0.2) is 0 Å². The monoisotopic (exact) mass is 307 g/mol. The molecule has 0 heterocycles. The summed E-state index contributed by atoms with van der Waals surface area (Å²) >= 11 is 0. The van der Waals surface area contributed by atoms with Gasteiger partial charge >= 0.3 is 0 Å². The number of aliphatic hydroxyl groups excluding tert-OH is 5. The molecule has 4 atom stereocenters. The lowest BCUT2D eigenvalue weighted by Crippen LogP contribution is -2.50. The predicted octanol–water partition coefficient (Wildman–Crippen LogP) is -0.287. The summed E-state index contributed by atoms with van der Waals surface area (Å²) in [6, 6.07) is 0.216. The minimum absolute atomic E-state index is 0.216. The maximum absolute atomic E-state index is 10.0. The number of nitrogens with zero attached hydrogens (tertiary/aromatic N) is 1. The first-order valence-electron chi connectivity index (χ1n) is 7.92. The van der Waals surface area contributed by atoms with Crippen LogP contribution in [0.2, 0.25) is 0 Å². The quantitative estimate of drug-likeness (QED) is 0.318. The number of hydrogen-bond acceptors (Lipinski definition) is 6. The highest BCUT2D eigenvalue weighted by atomic mass is 16.4. The van der Waals surface area contributed by atoms with Crippen LogP contribution in [0.25, 0.3) is 0 Å². The molecule has 0 amide bonds. The highest BCUT2D eigenvalue weighted by Crippen LogP contribution is 2.10. The molecule has 5 N–H and O–H groups in total. The Hall–Kier alpha value is -0.240. The Labute approximate surface area is 128 Å². The van der Waals surface area contributed by atoms with E-state index in [1.165, 1.54) is 6.42 Å². The first-order chi connectivity index (χ1) is 9.84. The van der Waals surface area contributed by atoms with Gasteiger partial charge in [-0.25, -0.2) is 0 Å². The summed E-state index contributed by atoms with van der Waals surface area (Å²) < 4.78 is 0. The summed E-state index contributed by atoms with van der Waals surface area (Å²) in [6.07, 6.45) is -1.17. The molecular formula is C15H33NO5. The van der Waals surface area contributed by atoms with Gasteiger partial charge in [0.2, 0.25) is 0 Å². The maximum atomic E-state index is 10.0. The lowest BCUT2D eigenvalue weighted by molar-refractivity contribution is -0.120. The SMILES string of the molecule is CCCCCCN(C[C@H](O)[C@@H](O)[C@H](O)[C@H](O)CO)C(C)C. The molecule has 0 saturated heterocycles.